The molecule has 1 saturated heterocycles. The monoisotopic (exact) mass is 365 g/mol. The molecule has 27 heavy (non-hydrogen) atoms. The van der Waals surface area contributed by atoms with E-state index in [4.69, 9.17) is 4.74 Å². The van der Waals surface area contributed by atoms with Gasteiger partial charge in [0.25, 0.3) is 0 Å². The molecule has 1 aromatic heterocycles. The Balaban J connectivity index is 1.35. The molecule has 140 valence electrons. The molecule has 0 radical (unpaired) electrons. The van der Waals surface area contributed by atoms with Crippen LogP contribution in [0.3, 0.4) is 0 Å². The van der Waals surface area contributed by atoms with E-state index in [1.54, 1.807) is 18.2 Å². The van der Waals surface area contributed by atoms with E-state index in [1.165, 1.54) is 18.1 Å². The second-order valence-corrected chi connectivity index (χ2v) is 6.96. The largest absolute Gasteiger partial charge is 0.490 e. The van der Waals surface area contributed by atoms with Gasteiger partial charge in [-0.2, -0.15) is 5.10 Å². The fraction of sp³-hybridized carbons (Fsp3) is 0.318. The first kappa shape index (κ1) is 17.7. The third kappa shape index (κ3) is 4.37. The average Bonchev–Trinajstić information content (AvgIpc) is 3.33. The molecule has 2 aromatic carbocycles. The molecule has 0 aliphatic carbocycles. The number of rotatable bonds is 7. The quantitative estimate of drug-likeness (QED) is 0.670. The van der Waals surface area contributed by atoms with Crippen LogP contribution >= 0.6 is 0 Å². The van der Waals surface area contributed by atoms with Crippen LogP contribution in [0.4, 0.5) is 4.39 Å². The van der Waals surface area contributed by atoms with Gasteiger partial charge < -0.3 is 4.74 Å². The van der Waals surface area contributed by atoms with Gasteiger partial charge in [-0.1, -0.05) is 42.5 Å². The smallest absolute Gasteiger partial charge is 0.165 e. The van der Waals surface area contributed by atoms with Crippen molar-refractivity contribution >= 4 is 0 Å². The lowest BCUT2D eigenvalue weighted by Crippen LogP contribution is -2.23. The molecule has 4 rings (SSSR count). The topological polar surface area (TPSA) is 41.1 Å². The summed E-state index contributed by atoms with van der Waals surface area (Å²) in [4.78, 5) is 2.49. The first-order chi connectivity index (χ1) is 13.3. The van der Waals surface area contributed by atoms with Crippen LogP contribution in [0.1, 0.15) is 35.8 Å². The Hall–Kier alpha value is -2.66. The Kier molecular flexibility index (Phi) is 5.49. The van der Waals surface area contributed by atoms with Crippen molar-refractivity contribution in [3.63, 3.8) is 0 Å². The normalized spacial score (nSPS) is 17.3. The number of aromatic nitrogens is 2. The number of hydrogen-bond acceptors (Lipinski definition) is 3. The number of halogens is 1. The van der Waals surface area contributed by atoms with Crippen LogP contribution in [0.2, 0.25) is 0 Å². The zero-order valence-corrected chi connectivity index (χ0v) is 15.3. The summed E-state index contributed by atoms with van der Waals surface area (Å²) >= 11 is 0. The number of para-hydroxylation sites is 1. The Morgan fingerprint density at radius 2 is 1.93 bits per heavy atom. The minimum absolute atomic E-state index is 0.294. The van der Waals surface area contributed by atoms with Crippen LogP contribution in [0.25, 0.3) is 0 Å². The van der Waals surface area contributed by atoms with E-state index in [-0.39, 0.29) is 5.82 Å². The van der Waals surface area contributed by atoms with Gasteiger partial charge in [0.05, 0.1) is 18.3 Å². The molecule has 2 heterocycles. The lowest BCUT2D eigenvalue weighted by atomic mass is 10.1. The highest BCUT2D eigenvalue weighted by Gasteiger charge is 2.27. The summed E-state index contributed by atoms with van der Waals surface area (Å²) in [5, 5.41) is 7.65. The first-order valence-electron chi connectivity index (χ1n) is 9.49. The van der Waals surface area contributed by atoms with E-state index < -0.39 is 0 Å². The lowest BCUT2D eigenvalue weighted by Gasteiger charge is -2.22. The molecule has 1 fully saturated rings. The number of hydrogen-bond donors (Lipinski definition) is 1. The van der Waals surface area contributed by atoms with Gasteiger partial charge >= 0.3 is 0 Å². The van der Waals surface area contributed by atoms with E-state index in [1.807, 2.05) is 6.07 Å². The molecule has 4 nitrogen and oxygen atoms in total. The minimum atomic E-state index is -0.328. The number of nitrogens with one attached hydrogen (secondary N) is 1. The van der Waals surface area contributed by atoms with Crippen molar-refractivity contribution in [2.45, 2.75) is 31.8 Å². The SMILES string of the molecule is Fc1ccccc1OCCc1cc([C@@H]2CCCN2Cc2ccccc2)n[nH]1. The van der Waals surface area contributed by atoms with Gasteiger partial charge in [0, 0.05) is 18.7 Å². The van der Waals surface area contributed by atoms with E-state index in [0.29, 0.717) is 24.8 Å². The van der Waals surface area contributed by atoms with Crippen LogP contribution in [-0.2, 0) is 13.0 Å². The van der Waals surface area contributed by atoms with Gasteiger partial charge in [-0.05, 0) is 43.1 Å². The van der Waals surface area contributed by atoms with Crippen LogP contribution < -0.4 is 4.74 Å². The zero-order valence-electron chi connectivity index (χ0n) is 15.3. The van der Waals surface area contributed by atoms with Gasteiger partial charge in [-0.15, -0.1) is 0 Å². The third-order valence-electron chi connectivity index (χ3n) is 5.05. The molecule has 1 atom stereocenters. The van der Waals surface area contributed by atoms with Crippen molar-refractivity contribution in [1.29, 1.82) is 0 Å². The number of ether oxygens (including phenoxy) is 1. The summed E-state index contributed by atoms with van der Waals surface area (Å²) in [6, 6.07) is 19.5. The number of aromatic amines is 1. The van der Waals surface area contributed by atoms with E-state index in [9.17, 15) is 4.39 Å². The maximum atomic E-state index is 13.6. The molecule has 3 aromatic rings. The van der Waals surface area contributed by atoms with E-state index in [2.05, 4.69) is 45.4 Å². The van der Waals surface area contributed by atoms with Gasteiger partial charge in [0.2, 0.25) is 0 Å². The van der Waals surface area contributed by atoms with Gasteiger partial charge in [0.15, 0.2) is 11.6 Å². The molecular formula is C22H24FN3O. The second-order valence-electron chi connectivity index (χ2n) is 6.96. The molecule has 0 saturated carbocycles. The molecule has 1 N–H and O–H groups in total. The summed E-state index contributed by atoms with van der Waals surface area (Å²) in [6.07, 6.45) is 2.99. The fourth-order valence-corrected chi connectivity index (χ4v) is 3.68. The molecule has 5 heteroatoms. The number of benzene rings is 2. The Labute approximate surface area is 159 Å². The average molecular weight is 365 g/mol. The molecule has 0 bridgehead atoms. The lowest BCUT2D eigenvalue weighted by molar-refractivity contribution is 0.244. The van der Waals surface area contributed by atoms with Crippen LogP contribution in [0, 0.1) is 5.82 Å². The molecule has 0 spiro atoms. The number of likely N-dealkylation sites (tertiary alicyclic amines) is 1. The summed E-state index contributed by atoms with van der Waals surface area (Å²) in [5.41, 5.74) is 3.44. The van der Waals surface area contributed by atoms with Crippen molar-refractivity contribution in [2.75, 3.05) is 13.2 Å². The van der Waals surface area contributed by atoms with Gasteiger partial charge in [-0.25, -0.2) is 4.39 Å². The molecule has 1 aliphatic rings. The third-order valence-corrected chi connectivity index (χ3v) is 5.05. The highest BCUT2D eigenvalue weighted by molar-refractivity contribution is 5.24. The predicted octanol–water partition coefficient (Wildman–Crippen LogP) is 4.51. The van der Waals surface area contributed by atoms with Crippen molar-refractivity contribution in [2.24, 2.45) is 0 Å². The van der Waals surface area contributed by atoms with Gasteiger partial charge in [0.1, 0.15) is 0 Å². The molecule has 0 amide bonds. The van der Waals surface area contributed by atoms with Crippen molar-refractivity contribution in [1.82, 2.24) is 15.1 Å². The highest BCUT2D eigenvalue weighted by atomic mass is 19.1. The van der Waals surface area contributed by atoms with Crippen molar-refractivity contribution in [3.8, 4) is 5.75 Å². The maximum Gasteiger partial charge on any atom is 0.165 e. The highest BCUT2D eigenvalue weighted by Crippen LogP contribution is 2.32. The summed E-state index contributed by atoms with van der Waals surface area (Å²) in [5.74, 6) is -0.0348. The van der Waals surface area contributed by atoms with Gasteiger partial charge in [-0.3, -0.25) is 10.00 Å². The summed E-state index contributed by atoms with van der Waals surface area (Å²) in [6.45, 7) is 2.46. The molecular weight excluding hydrogens is 341 g/mol. The zero-order chi connectivity index (χ0) is 18.5. The van der Waals surface area contributed by atoms with Crippen LogP contribution in [0.5, 0.6) is 5.75 Å². The summed E-state index contributed by atoms with van der Waals surface area (Å²) < 4.78 is 19.1. The van der Waals surface area contributed by atoms with Crippen molar-refractivity contribution in [3.05, 3.63) is 83.4 Å². The van der Waals surface area contributed by atoms with Crippen LogP contribution in [-0.4, -0.2) is 28.2 Å². The van der Waals surface area contributed by atoms with E-state index in [0.717, 1.165) is 30.9 Å². The number of nitrogens with zero attached hydrogens (tertiary/aromatic N) is 2. The fourth-order valence-electron chi connectivity index (χ4n) is 3.68. The van der Waals surface area contributed by atoms with Crippen LogP contribution in [0.15, 0.2) is 60.7 Å². The minimum Gasteiger partial charge on any atom is -0.490 e. The van der Waals surface area contributed by atoms with Crippen molar-refractivity contribution < 1.29 is 9.13 Å². The molecule has 0 unspecified atom stereocenters. The Morgan fingerprint density at radius 3 is 2.78 bits per heavy atom. The Morgan fingerprint density at radius 1 is 1.11 bits per heavy atom. The second kappa shape index (κ2) is 8.35. The molecule has 1 aliphatic heterocycles. The number of H-pyrrole nitrogens is 1. The standard InChI is InChI=1S/C22H24FN3O/c23-19-9-4-5-11-22(19)27-14-12-18-15-20(25-24-18)21-10-6-13-26(21)16-17-7-2-1-3-8-17/h1-5,7-9,11,15,21H,6,10,12-14,16H2,(H,24,25)/t21-/m0/s1. The Bertz CT molecular complexity index is 865. The van der Waals surface area contributed by atoms with E-state index >= 15 is 0 Å². The summed E-state index contributed by atoms with van der Waals surface area (Å²) in [7, 11) is 0. The first-order valence-corrected chi connectivity index (χ1v) is 9.49. The maximum absolute atomic E-state index is 13.6. The predicted molar refractivity (Wildman–Crippen MR) is 103 cm³/mol.